The van der Waals surface area contributed by atoms with E-state index in [4.69, 9.17) is 4.52 Å². The SMILES string of the molecule is Cc1cc(C[C@@H]2CN(Cc3cc(CN4CCCC4)cs3)C[C@@H]2O)on1. The molecule has 2 aliphatic heterocycles. The topological polar surface area (TPSA) is 52.7 Å². The fourth-order valence-electron chi connectivity index (χ4n) is 4.05. The Hall–Kier alpha value is -1.21. The van der Waals surface area contributed by atoms with Gasteiger partial charge in [0.15, 0.2) is 0 Å². The first-order valence-electron chi connectivity index (χ1n) is 9.27. The van der Waals surface area contributed by atoms with Gasteiger partial charge >= 0.3 is 0 Å². The van der Waals surface area contributed by atoms with Crippen LogP contribution in [0.15, 0.2) is 22.0 Å². The van der Waals surface area contributed by atoms with Crippen molar-refractivity contribution in [1.29, 1.82) is 0 Å². The Morgan fingerprint density at radius 2 is 2.04 bits per heavy atom. The van der Waals surface area contributed by atoms with Gasteiger partial charge in [-0.25, -0.2) is 0 Å². The Morgan fingerprint density at radius 1 is 1.20 bits per heavy atom. The Bertz CT molecular complexity index is 692. The van der Waals surface area contributed by atoms with E-state index in [0.717, 1.165) is 44.1 Å². The van der Waals surface area contributed by atoms with Gasteiger partial charge in [0, 0.05) is 49.5 Å². The van der Waals surface area contributed by atoms with Gasteiger partial charge in [-0.05, 0) is 49.9 Å². The number of aromatic nitrogens is 1. The number of hydrogen-bond donors (Lipinski definition) is 1. The second-order valence-electron chi connectivity index (χ2n) is 7.56. The highest BCUT2D eigenvalue weighted by Gasteiger charge is 2.32. The number of aliphatic hydroxyl groups is 1. The van der Waals surface area contributed by atoms with Gasteiger partial charge in [-0.2, -0.15) is 0 Å². The van der Waals surface area contributed by atoms with Crippen LogP contribution < -0.4 is 0 Å². The van der Waals surface area contributed by atoms with Gasteiger partial charge in [-0.3, -0.25) is 9.80 Å². The zero-order valence-electron chi connectivity index (χ0n) is 14.9. The molecule has 25 heavy (non-hydrogen) atoms. The second kappa shape index (κ2) is 7.58. The standard InChI is InChI=1S/C19H27N3O2S/c1-14-6-17(24-20-14)8-16-10-22(12-19(16)23)11-18-7-15(13-25-18)9-21-4-2-3-5-21/h6-7,13,16,19,23H,2-5,8-12H2,1H3/t16-,19+/m1/s1. The summed E-state index contributed by atoms with van der Waals surface area (Å²) in [7, 11) is 0. The van der Waals surface area contributed by atoms with Crippen LogP contribution in [0.25, 0.3) is 0 Å². The van der Waals surface area contributed by atoms with Gasteiger partial charge in [0.2, 0.25) is 0 Å². The average Bonchev–Trinajstić information content (AvgIpc) is 3.34. The number of likely N-dealkylation sites (tertiary alicyclic amines) is 2. The fourth-order valence-corrected chi connectivity index (χ4v) is 4.98. The molecule has 0 spiro atoms. The Labute approximate surface area is 153 Å². The summed E-state index contributed by atoms with van der Waals surface area (Å²) in [5.74, 6) is 1.11. The fraction of sp³-hybridized carbons (Fsp3) is 0.632. The van der Waals surface area contributed by atoms with Crippen LogP contribution in [0.2, 0.25) is 0 Å². The maximum absolute atomic E-state index is 10.4. The summed E-state index contributed by atoms with van der Waals surface area (Å²) in [4.78, 5) is 6.31. The summed E-state index contributed by atoms with van der Waals surface area (Å²) < 4.78 is 5.31. The quantitative estimate of drug-likeness (QED) is 0.857. The Kier molecular flexibility index (Phi) is 5.22. The van der Waals surface area contributed by atoms with Crippen molar-refractivity contribution in [3.8, 4) is 0 Å². The van der Waals surface area contributed by atoms with Crippen molar-refractivity contribution in [2.75, 3.05) is 26.2 Å². The van der Waals surface area contributed by atoms with Gasteiger partial charge < -0.3 is 9.63 Å². The molecule has 5 nitrogen and oxygen atoms in total. The molecule has 0 aromatic carbocycles. The third-order valence-electron chi connectivity index (χ3n) is 5.31. The van der Waals surface area contributed by atoms with Crippen molar-refractivity contribution < 1.29 is 9.63 Å². The van der Waals surface area contributed by atoms with Crippen LogP contribution in [-0.4, -0.2) is 52.3 Å². The van der Waals surface area contributed by atoms with Crippen molar-refractivity contribution in [3.63, 3.8) is 0 Å². The predicted molar refractivity (Wildman–Crippen MR) is 98.5 cm³/mol. The molecule has 2 aliphatic rings. The Balaban J connectivity index is 1.30. The van der Waals surface area contributed by atoms with E-state index in [1.54, 1.807) is 0 Å². The lowest BCUT2D eigenvalue weighted by Gasteiger charge is -2.14. The first kappa shape index (κ1) is 17.2. The van der Waals surface area contributed by atoms with Crippen LogP contribution in [0.3, 0.4) is 0 Å². The molecule has 4 rings (SSSR count). The number of hydrogen-bond acceptors (Lipinski definition) is 6. The van der Waals surface area contributed by atoms with Crippen LogP contribution in [0.1, 0.15) is 34.7 Å². The highest BCUT2D eigenvalue weighted by molar-refractivity contribution is 7.10. The van der Waals surface area contributed by atoms with Crippen molar-refractivity contribution >= 4 is 11.3 Å². The smallest absolute Gasteiger partial charge is 0.137 e. The minimum absolute atomic E-state index is 0.233. The molecule has 6 heteroatoms. The molecule has 0 aliphatic carbocycles. The molecule has 0 saturated carbocycles. The third-order valence-corrected chi connectivity index (χ3v) is 6.28. The summed E-state index contributed by atoms with van der Waals surface area (Å²) >= 11 is 1.85. The summed E-state index contributed by atoms with van der Waals surface area (Å²) in [5, 5.41) is 16.6. The average molecular weight is 362 g/mol. The molecule has 2 saturated heterocycles. The van der Waals surface area contributed by atoms with Crippen LogP contribution in [0, 0.1) is 12.8 Å². The number of β-amino-alcohol motifs (C(OH)–C–C–N with tert-alkyl or cyclic N) is 1. The molecule has 136 valence electrons. The van der Waals surface area contributed by atoms with E-state index in [2.05, 4.69) is 26.4 Å². The molecule has 0 unspecified atom stereocenters. The van der Waals surface area contributed by atoms with E-state index in [0.29, 0.717) is 0 Å². The zero-order valence-corrected chi connectivity index (χ0v) is 15.7. The van der Waals surface area contributed by atoms with Gasteiger partial charge in [-0.15, -0.1) is 11.3 Å². The molecule has 2 fully saturated rings. The molecule has 0 bridgehead atoms. The highest BCUT2D eigenvalue weighted by Crippen LogP contribution is 2.26. The van der Waals surface area contributed by atoms with Crippen LogP contribution >= 0.6 is 11.3 Å². The first-order chi connectivity index (χ1) is 12.2. The van der Waals surface area contributed by atoms with E-state index in [1.807, 2.05) is 24.3 Å². The molecule has 2 aromatic rings. The minimum atomic E-state index is -0.283. The minimum Gasteiger partial charge on any atom is -0.391 e. The van der Waals surface area contributed by atoms with Crippen molar-refractivity contribution in [1.82, 2.24) is 15.0 Å². The van der Waals surface area contributed by atoms with Crippen molar-refractivity contribution in [2.45, 2.75) is 45.4 Å². The first-order valence-corrected chi connectivity index (χ1v) is 10.1. The number of thiophene rings is 1. The molecule has 0 radical (unpaired) electrons. The monoisotopic (exact) mass is 361 g/mol. The zero-order chi connectivity index (χ0) is 17.2. The molecular weight excluding hydrogens is 334 g/mol. The van der Waals surface area contributed by atoms with E-state index in [1.165, 1.54) is 36.4 Å². The Morgan fingerprint density at radius 3 is 2.80 bits per heavy atom. The van der Waals surface area contributed by atoms with E-state index in [9.17, 15) is 5.11 Å². The van der Waals surface area contributed by atoms with Crippen LogP contribution in [0.5, 0.6) is 0 Å². The second-order valence-corrected chi connectivity index (χ2v) is 8.56. The predicted octanol–water partition coefficient (Wildman–Crippen LogP) is 2.68. The highest BCUT2D eigenvalue weighted by atomic mass is 32.1. The van der Waals surface area contributed by atoms with Gasteiger partial charge in [0.05, 0.1) is 11.8 Å². The number of aryl methyl sites for hydroxylation is 1. The summed E-state index contributed by atoms with van der Waals surface area (Å²) in [6.45, 7) is 8.11. The molecular formula is C19H27N3O2S. The molecule has 1 N–H and O–H groups in total. The number of rotatable bonds is 6. The molecule has 2 atom stereocenters. The summed E-state index contributed by atoms with van der Waals surface area (Å²) in [6, 6.07) is 4.32. The lowest BCUT2D eigenvalue weighted by Crippen LogP contribution is -2.21. The molecule has 4 heterocycles. The number of nitrogens with zero attached hydrogens (tertiary/aromatic N) is 3. The maximum atomic E-state index is 10.4. The van der Waals surface area contributed by atoms with Crippen LogP contribution in [-0.2, 0) is 19.5 Å². The van der Waals surface area contributed by atoms with E-state index < -0.39 is 0 Å². The molecule has 0 amide bonds. The van der Waals surface area contributed by atoms with Crippen molar-refractivity contribution in [3.05, 3.63) is 39.4 Å². The lowest BCUT2D eigenvalue weighted by molar-refractivity contribution is 0.137. The maximum Gasteiger partial charge on any atom is 0.137 e. The van der Waals surface area contributed by atoms with Gasteiger partial charge in [0.25, 0.3) is 0 Å². The summed E-state index contributed by atoms with van der Waals surface area (Å²) in [5.41, 5.74) is 2.35. The van der Waals surface area contributed by atoms with Crippen LogP contribution in [0.4, 0.5) is 0 Å². The lowest BCUT2D eigenvalue weighted by atomic mass is 10.0. The van der Waals surface area contributed by atoms with Crippen molar-refractivity contribution in [2.24, 2.45) is 5.92 Å². The van der Waals surface area contributed by atoms with Gasteiger partial charge in [-0.1, -0.05) is 5.16 Å². The van der Waals surface area contributed by atoms with E-state index >= 15 is 0 Å². The number of aliphatic hydroxyl groups excluding tert-OH is 1. The third kappa shape index (κ3) is 4.31. The van der Waals surface area contributed by atoms with Gasteiger partial charge in [0.1, 0.15) is 5.76 Å². The largest absolute Gasteiger partial charge is 0.391 e. The normalized spacial score (nSPS) is 25.2. The summed E-state index contributed by atoms with van der Waals surface area (Å²) in [6.07, 6.45) is 3.17. The van der Waals surface area contributed by atoms with E-state index in [-0.39, 0.29) is 12.0 Å². The molecule has 2 aromatic heterocycles.